The van der Waals surface area contributed by atoms with Gasteiger partial charge in [-0.2, -0.15) is 0 Å². The zero-order valence-corrected chi connectivity index (χ0v) is 12.9. The Kier molecular flexibility index (Phi) is 4.56. The van der Waals surface area contributed by atoms with Crippen LogP contribution in [0.4, 0.5) is 8.78 Å². The molecule has 0 bridgehead atoms. The molecule has 0 saturated heterocycles. The van der Waals surface area contributed by atoms with Gasteiger partial charge in [0.1, 0.15) is 17.2 Å². The molecule has 0 spiro atoms. The summed E-state index contributed by atoms with van der Waals surface area (Å²) in [5.41, 5.74) is -1.68. The quantitative estimate of drug-likeness (QED) is 0.906. The van der Waals surface area contributed by atoms with E-state index < -0.39 is 17.5 Å². The van der Waals surface area contributed by atoms with Gasteiger partial charge in [0.25, 0.3) is 0 Å². The Morgan fingerprint density at radius 3 is 2.77 bits per heavy atom. The fraction of sp³-hybridized carbons (Fsp3) is 0.312. The van der Waals surface area contributed by atoms with Gasteiger partial charge in [-0.25, -0.2) is 13.6 Å². The van der Waals surface area contributed by atoms with E-state index in [9.17, 15) is 13.6 Å². The van der Waals surface area contributed by atoms with Gasteiger partial charge < -0.3 is 9.84 Å². The molecule has 0 radical (unpaired) electrons. The molecule has 1 N–H and O–H groups in total. The summed E-state index contributed by atoms with van der Waals surface area (Å²) in [5.74, 6) is -1.62. The smallest absolute Gasteiger partial charge is 0.334 e. The topological polar surface area (TPSA) is 46.5 Å². The molecule has 1 aliphatic carbocycles. The number of aliphatic carboxylic acids is 1. The molecule has 1 aromatic carbocycles. The number of allylic oxidation sites excluding steroid dienone is 3. The van der Waals surface area contributed by atoms with Crippen LogP contribution in [0.3, 0.4) is 0 Å². The number of alkyl halides is 1. The van der Waals surface area contributed by atoms with E-state index in [1.54, 1.807) is 12.1 Å². The van der Waals surface area contributed by atoms with Gasteiger partial charge in [-0.3, -0.25) is 0 Å². The molecule has 1 aliphatic rings. The van der Waals surface area contributed by atoms with E-state index in [-0.39, 0.29) is 23.4 Å². The van der Waals surface area contributed by atoms with Crippen LogP contribution in [-0.2, 0) is 16.0 Å². The zero-order valence-electron chi connectivity index (χ0n) is 12.1. The SMILES string of the molecule is COC1=C(Cc2cccc(Cl)c2F)C=C(C(=O)O)C(C)(F)C1. The average molecular weight is 329 g/mol. The molecular weight excluding hydrogens is 314 g/mol. The van der Waals surface area contributed by atoms with Crippen LogP contribution < -0.4 is 0 Å². The Balaban J connectivity index is 2.45. The summed E-state index contributed by atoms with van der Waals surface area (Å²) in [5, 5.41) is 9.13. The van der Waals surface area contributed by atoms with Gasteiger partial charge in [0, 0.05) is 12.8 Å². The van der Waals surface area contributed by atoms with Crippen molar-refractivity contribution >= 4 is 17.6 Å². The van der Waals surface area contributed by atoms with Gasteiger partial charge >= 0.3 is 5.97 Å². The minimum atomic E-state index is -2.03. The van der Waals surface area contributed by atoms with Crippen LogP contribution in [0, 0.1) is 5.82 Å². The highest BCUT2D eigenvalue weighted by molar-refractivity contribution is 6.30. The monoisotopic (exact) mass is 328 g/mol. The van der Waals surface area contributed by atoms with E-state index in [0.717, 1.165) is 0 Å². The molecule has 0 aliphatic heterocycles. The maximum Gasteiger partial charge on any atom is 0.334 e. The van der Waals surface area contributed by atoms with Crippen LogP contribution >= 0.6 is 11.6 Å². The largest absolute Gasteiger partial charge is 0.501 e. The summed E-state index contributed by atoms with van der Waals surface area (Å²) in [6.45, 7) is 1.18. The summed E-state index contributed by atoms with van der Waals surface area (Å²) in [7, 11) is 1.37. The zero-order chi connectivity index (χ0) is 16.5. The van der Waals surface area contributed by atoms with Crippen molar-refractivity contribution in [2.24, 2.45) is 0 Å². The molecular formula is C16H15ClF2O3. The third-order valence-corrected chi connectivity index (χ3v) is 3.91. The number of methoxy groups -OCH3 is 1. The number of carboxylic acid groups (broad SMARTS) is 1. The van der Waals surface area contributed by atoms with E-state index in [1.165, 1.54) is 26.2 Å². The fourth-order valence-corrected chi connectivity index (χ4v) is 2.64. The number of ether oxygens (including phenoxy) is 1. The van der Waals surface area contributed by atoms with Crippen molar-refractivity contribution in [1.29, 1.82) is 0 Å². The van der Waals surface area contributed by atoms with Crippen molar-refractivity contribution in [3.8, 4) is 0 Å². The molecule has 2 rings (SSSR count). The molecule has 1 atom stereocenters. The number of carboxylic acids is 1. The summed E-state index contributed by atoms with van der Waals surface area (Å²) < 4.78 is 33.6. The second-order valence-electron chi connectivity index (χ2n) is 5.28. The van der Waals surface area contributed by atoms with E-state index in [2.05, 4.69) is 0 Å². The summed E-state index contributed by atoms with van der Waals surface area (Å²) in [6, 6.07) is 4.56. The maximum atomic E-state index is 14.4. The predicted octanol–water partition coefficient (Wildman–Crippen LogP) is 4.07. The first kappa shape index (κ1) is 16.5. The Labute approximate surface area is 131 Å². The van der Waals surface area contributed by atoms with Crippen LogP contribution in [0.5, 0.6) is 0 Å². The first-order valence-electron chi connectivity index (χ1n) is 6.59. The lowest BCUT2D eigenvalue weighted by molar-refractivity contribution is -0.134. The number of hydrogen-bond acceptors (Lipinski definition) is 2. The van der Waals surface area contributed by atoms with Crippen molar-refractivity contribution in [2.45, 2.75) is 25.4 Å². The van der Waals surface area contributed by atoms with E-state index >= 15 is 0 Å². The van der Waals surface area contributed by atoms with Gasteiger partial charge in [-0.05, 0) is 30.2 Å². The fourth-order valence-electron chi connectivity index (χ4n) is 2.44. The molecule has 0 fully saturated rings. The van der Waals surface area contributed by atoms with Crippen LogP contribution in [0.25, 0.3) is 0 Å². The van der Waals surface area contributed by atoms with Gasteiger partial charge in [-0.1, -0.05) is 23.7 Å². The highest BCUT2D eigenvalue weighted by atomic mass is 35.5. The van der Waals surface area contributed by atoms with E-state index in [0.29, 0.717) is 16.9 Å². The predicted molar refractivity (Wildman–Crippen MR) is 79.0 cm³/mol. The van der Waals surface area contributed by atoms with E-state index in [4.69, 9.17) is 21.4 Å². The van der Waals surface area contributed by atoms with Crippen molar-refractivity contribution in [1.82, 2.24) is 0 Å². The van der Waals surface area contributed by atoms with Crippen LogP contribution in [-0.4, -0.2) is 23.9 Å². The minimum absolute atomic E-state index is 0.0226. The number of carbonyl (C=O) groups is 1. The van der Waals surface area contributed by atoms with Crippen molar-refractivity contribution in [3.05, 3.63) is 57.6 Å². The second-order valence-corrected chi connectivity index (χ2v) is 5.69. The number of hydrogen-bond donors (Lipinski definition) is 1. The van der Waals surface area contributed by atoms with Gasteiger partial charge in [0.2, 0.25) is 0 Å². The normalized spacial score (nSPS) is 21.6. The molecule has 1 aromatic rings. The molecule has 118 valence electrons. The summed E-state index contributed by atoms with van der Waals surface area (Å²) >= 11 is 5.73. The molecule has 0 amide bonds. The molecule has 1 unspecified atom stereocenters. The summed E-state index contributed by atoms with van der Waals surface area (Å²) in [6.07, 6.45) is 1.08. The molecule has 22 heavy (non-hydrogen) atoms. The maximum absolute atomic E-state index is 14.4. The molecule has 0 aromatic heterocycles. The molecule has 3 nitrogen and oxygen atoms in total. The summed E-state index contributed by atoms with van der Waals surface area (Å²) in [4.78, 5) is 11.2. The molecule has 0 saturated carbocycles. The first-order valence-corrected chi connectivity index (χ1v) is 6.97. The third kappa shape index (κ3) is 3.14. The van der Waals surface area contributed by atoms with Gasteiger partial charge in [0.05, 0.1) is 17.7 Å². The second kappa shape index (κ2) is 6.08. The highest BCUT2D eigenvalue weighted by Gasteiger charge is 2.39. The van der Waals surface area contributed by atoms with Crippen LogP contribution in [0.1, 0.15) is 18.9 Å². The van der Waals surface area contributed by atoms with E-state index in [1.807, 2.05) is 0 Å². The standard InChI is InChI=1S/C16H15ClF2O3/c1-16(19)8-13(22-2)10(7-11(16)15(20)21)6-9-4-3-5-12(17)14(9)18/h3-5,7H,6,8H2,1-2H3,(H,20,21). The lowest BCUT2D eigenvalue weighted by Crippen LogP contribution is -2.31. The molecule has 0 heterocycles. The van der Waals surface area contributed by atoms with Crippen LogP contribution in [0.15, 0.2) is 41.2 Å². The highest BCUT2D eigenvalue weighted by Crippen LogP contribution is 2.37. The minimum Gasteiger partial charge on any atom is -0.501 e. The molecule has 6 heteroatoms. The number of rotatable bonds is 4. The van der Waals surface area contributed by atoms with Crippen molar-refractivity contribution in [3.63, 3.8) is 0 Å². The Morgan fingerprint density at radius 1 is 1.50 bits per heavy atom. The van der Waals surface area contributed by atoms with Gasteiger partial charge in [-0.15, -0.1) is 0 Å². The van der Waals surface area contributed by atoms with Gasteiger partial charge in [0.15, 0.2) is 0 Å². The lowest BCUT2D eigenvalue weighted by atomic mass is 9.84. The Morgan fingerprint density at radius 2 is 2.18 bits per heavy atom. The third-order valence-electron chi connectivity index (χ3n) is 3.62. The number of halogens is 3. The van der Waals surface area contributed by atoms with Crippen molar-refractivity contribution in [2.75, 3.05) is 7.11 Å². The average Bonchev–Trinajstić information content (AvgIpc) is 2.44. The van der Waals surface area contributed by atoms with Crippen LogP contribution in [0.2, 0.25) is 5.02 Å². The number of benzene rings is 1. The lowest BCUT2D eigenvalue weighted by Gasteiger charge is -2.28. The Hall–Kier alpha value is -1.88. The van der Waals surface area contributed by atoms with Crippen molar-refractivity contribution < 1.29 is 23.4 Å². The first-order chi connectivity index (χ1) is 10.3. The Bertz CT molecular complexity index is 678.